The van der Waals surface area contributed by atoms with Crippen LogP contribution in [0.5, 0.6) is 17.2 Å². The highest BCUT2D eigenvalue weighted by Gasteiger charge is 2.31. The van der Waals surface area contributed by atoms with Crippen LogP contribution < -0.4 is 15.0 Å². The van der Waals surface area contributed by atoms with Crippen molar-refractivity contribution in [2.75, 3.05) is 5.75 Å². The van der Waals surface area contributed by atoms with Crippen LogP contribution in [0.1, 0.15) is 11.7 Å². The van der Waals surface area contributed by atoms with E-state index < -0.39 is 28.0 Å². The number of hydrogen-bond acceptors (Lipinski definition) is 6. The van der Waals surface area contributed by atoms with E-state index in [1.54, 1.807) is 7.05 Å². The zero-order valence-electron chi connectivity index (χ0n) is 18.4. The first-order valence-corrected chi connectivity index (χ1v) is 12.0. The lowest BCUT2D eigenvalue weighted by Gasteiger charge is -2.17. The Hall–Kier alpha value is -3.54. The number of halogens is 3. The number of hydrogen-bond donors (Lipinski definition) is 2. The number of rotatable bonds is 8. The molecule has 2 N–H and O–H groups in total. The molecule has 184 valence electrons. The summed E-state index contributed by atoms with van der Waals surface area (Å²) < 4.78 is 74.0. The Balaban J connectivity index is 1.47. The number of aromatic nitrogens is 1. The van der Waals surface area contributed by atoms with Gasteiger partial charge in [-0.05, 0) is 66.0 Å². The van der Waals surface area contributed by atoms with Crippen molar-refractivity contribution in [3.05, 3.63) is 84.6 Å². The summed E-state index contributed by atoms with van der Waals surface area (Å²) >= 11 is 0. The summed E-state index contributed by atoms with van der Waals surface area (Å²) in [6.07, 6.45) is -4.79. The summed E-state index contributed by atoms with van der Waals surface area (Å²) in [6, 6.07) is 18.9. The van der Waals surface area contributed by atoms with Crippen LogP contribution in [0.2, 0.25) is 0 Å². The average Bonchev–Trinajstić information content (AvgIpc) is 3.15. The van der Waals surface area contributed by atoms with Gasteiger partial charge in [-0.3, -0.25) is 0 Å². The number of para-hydroxylation sites is 1. The van der Waals surface area contributed by atoms with Crippen LogP contribution in [-0.4, -0.2) is 30.3 Å². The molecule has 0 amide bonds. The Morgan fingerprint density at radius 3 is 2.09 bits per heavy atom. The first kappa shape index (κ1) is 24.6. The van der Waals surface area contributed by atoms with E-state index in [0.29, 0.717) is 11.4 Å². The third kappa shape index (κ3) is 5.76. The molecule has 0 aliphatic rings. The van der Waals surface area contributed by atoms with Gasteiger partial charge < -0.3 is 19.2 Å². The van der Waals surface area contributed by atoms with Crippen LogP contribution >= 0.6 is 0 Å². The number of ether oxygens (including phenoxy) is 2. The Morgan fingerprint density at radius 2 is 1.51 bits per heavy atom. The Kier molecular flexibility index (Phi) is 6.75. The van der Waals surface area contributed by atoms with Crippen molar-refractivity contribution >= 4 is 20.7 Å². The van der Waals surface area contributed by atoms with Gasteiger partial charge in [0.25, 0.3) is 0 Å². The Morgan fingerprint density at radius 1 is 0.943 bits per heavy atom. The molecule has 1 heterocycles. The molecule has 7 nitrogen and oxygen atoms in total. The first-order valence-electron chi connectivity index (χ1n) is 10.4. The smallest absolute Gasteiger partial charge is 0.457 e. The highest BCUT2D eigenvalue weighted by atomic mass is 32.2. The van der Waals surface area contributed by atoms with Gasteiger partial charge in [0.05, 0.1) is 16.7 Å². The van der Waals surface area contributed by atoms with Crippen molar-refractivity contribution in [3.8, 4) is 17.2 Å². The molecule has 0 radical (unpaired) electrons. The van der Waals surface area contributed by atoms with Crippen molar-refractivity contribution in [1.29, 1.82) is 0 Å². The van der Waals surface area contributed by atoms with Gasteiger partial charge in [-0.25, -0.2) is 8.42 Å². The van der Waals surface area contributed by atoms with E-state index >= 15 is 0 Å². The minimum atomic E-state index is -4.79. The highest BCUT2D eigenvalue weighted by Crippen LogP contribution is 2.29. The van der Waals surface area contributed by atoms with E-state index in [9.17, 15) is 26.8 Å². The van der Waals surface area contributed by atoms with Crippen LogP contribution in [0.3, 0.4) is 0 Å². The fourth-order valence-electron chi connectivity index (χ4n) is 3.71. The predicted molar refractivity (Wildman–Crippen MR) is 122 cm³/mol. The molecule has 0 saturated carbocycles. The summed E-state index contributed by atoms with van der Waals surface area (Å²) in [4.78, 5) is 0.0257. The molecular formula is C24H21F3N2O5S. The van der Waals surface area contributed by atoms with Crippen molar-refractivity contribution in [3.63, 3.8) is 0 Å². The second-order valence-corrected chi connectivity index (χ2v) is 9.78. The zero-order valence-corrected chi connectivity index (χ0v) is 19.2. The van der Waals surface area contributed by atoms with Crippen molar-refractivity contribution in [1.82, 2.24) is 10.0 Å². The number of fused-ring (bicyclic) bond motifs is 1. The maximum atomic E-state index is 13.0. The van der Waals surface area contributed by atoms with Crippen LogP contribution in [0.15, 0.2) is 83.8 Å². The summed E-state index contributed by atoms with van der Waals surface area (Å²) in [6.45, 7) is 0. The normalized spacial score (nSPS) is 13.1. The van der Waals surface area contributed by atoms with E-state index in [0.717, 1.165) is 23.0 Å². The molecule has 4 aromatic rings. The number of benzene rings is 3. The summed E-state index contributed by atoms with van der Waals surface area (Å²) in [5, 5.41) is 10.6. The standard InChI is InChI=1S/C24H21F3N2O5S/c1-29-22-5-3-2-4-16(22)14-23(29)21(28-30)15-35(31,32)20-12-10-18(11-13-20)33-17-6-8-19(9-7-17)34-24(25,26)27/h2-14,21,28,30H,15H2,1H3. The molecular weight excluding hydrogens is 485 g/mol. The number of sulfone groups is 1. The maximum absolute atomic E-state index is 13.0. The minimum absolute atomic E-state index is 0.0257. The van der Waals surface area contributed by atoms with Gasteiger partial charge in [-0.15, -0.1) is 13.2 Å². The maximum Gasteiger partial charge on any atom is 0.573 e. The molecule has 1 unspecified atom stereocenters. The zero-order chi connectivity index (χ0) is 25.2. The van der Waals surface area contributed by atoms with Crippen LogP contribution in [0, 0.1) is 0 Å². The lowest BCUT2D eigenvalue weighted by molar-refractivity contribution is -0.274. The lowest BCUT2D eigenvalue weighted by atomic mass is 10.2. The van der Waals surface area contributed by atoms with Gasteiger partial charge in [0.1, 0.15) is 17.2 Å². The molecule has 4 rings (SSSR count). The summed E-state index contributed by atoms with van der Waals surface area (Å²) in [5.74, 6) is -0.243. The molecule has 0 fully saturated rings. The number of hydroxylamine groups is 1. The van der Waals surface area contributed by atoms with E-state index in [-0.39, 0.29) is 16.4 Å². The minimum Gasteiger partial charge on any atom is -0.457 e. The van der Waals surface area contributed by atoms with Gasteiger partial charge in [-0.2, -0.15) is 5.48 Å². The molecule has 0 spiro atoms. The molecule has 0 aliphatic heterocycles. The van der Waals surface area contributed by atoms with Crippen molar-refractivity contribution in [2.24, 2.45) is 7.05 Å². The second kappa shape index (κ2) is 9.61. The Bertz CT molecular complexity index is 1420. The molecule has 1 atom stereocenters. The summed E-state index contributed by atoms with van der Waals surface area (Å²) in [5.41, 5.74) is 3.61. The van der Waals surface area contributed by atoms with E-state index in [1.807, 2.05) is 34.9 Å². The van der Waals surface area contributed by atoms with Crippen LogP contribution in [-0.2, 0) is 16.9 Å². The van der Waals surface area contributed by atoms with Crippen LogP contribution in [0.4, 0.5) is 13.2 Å². The summed E-state index contributed by atoms with van der Waals surface area (Å²) in [7, 11) is -2.01. The monoisotopic (exact) mass is 506 g/mol. The van der Waals surface area contributed by atoms with E-state index in [2.05, 4.69) is 10.2 Å². The quantitative estimate of drug-likeness (QED) is 0.313. The van der Waals surface area contributed by atoms with Crippen LogP contribution in [0.25, 0.3) is 10.9 Å². The van der Waals surface area contributed by atoms with Gasteiger partial charge in [-0.1, -0.05) is 18.2 Å². The number of aryl methyl sites for hydroxylation is 1. The molecule has 0 saturated heterocycles. The lowest BCUT2D eigenvalue weighted by Crippen LogP contribution is -2.27. The van der Waals surface area contributed by atoms with E-state index in [4.69, 9.17) is 4.74 Å². The predicted octanol–water partition coefficient (Wildman–Crippen LogP) is 5.36. The molecule has 3 aromatic carbocycles. The van der Waals surface area contributed by atoms with Gasteiger partial charge >= 0.3 is 6.36 Å². The SMILES string of the molecule is Cn1c(C(CS(=O)(=O)c2ccc(Oc3ccc(OC(F)(F)F)cc3)cc2)NO)cc2ccccc21. The van der Waals surface area contributed by atoms with Gasteiger partial charge in [0.2, 0.25) is 0 Å². The Labute approximate surface area is 199 Å². The third-order valence-corrected chi connectivity index (χ3v) is 7.13. The second-order valence-electron chi connectivity index (χ2n) is 7.74. The molecule has 0 bridgehead atoms. The molecule has 35 heavy (non-hydrogen) atoms. The molecule has 11 heteroatoms. The van der Waals surface area contributed by atoms with Crippen molar-refractivity contribution < 1.29 is 36.3 Å². The molecule has 1 aromatic heterocycles. The highest BCUT2D eigenvalue weighted by molar-refractivity contribution is 7.91. The van der Waals surface area contributed by atoms with Crippen molar-refractivity contribution in [2.45, 2.75) is 17.3 Å². The number of nitrogens with one attached hydrogen (secondary N) is 1. The third-order valence-electron chi connectivity index (χ3n) is 5.36. The topological polar surface area (TPSA) is 89.8 Å². The number of alkyl halides is 3. The van der Waals surface area contributed by atoms with E-state index in [1.165, 1.54) is 36.4 Å². The largest absolute Gasteiger partial charge is 0.573 e. The number of nitrogens with zero attached hydrogens (tertiary/aromatic N) is 1. The fourth-order valence-corrected chi connectivity index (χ4v) is 5.14. The molecule has 0 aliphatic carbocycles. The van der Waals surface area contributed by atoms with Gasteiger partial charge in [0, 0.05) is 18.3 Å². The fraction of sp³-hybridized carbons (Fsp3) is 0.167. The van der Waals surface area contributed by atoms with Gasteiger partial charge in [0.15, 0.2) is 9.84 Å². The first-order chi connectivity index (χ1) is 16.6. The average molecular weight is 507 g/mol.